The highest BCUT2D eigenvalue weighted by Crippen LogP contribution is 2.30. The van der Waals surface area contributed by atoms with Gasteiger partial charge in [0.05, 0.1) is 19.3 Å². The van der Waals surface area contributed by atoms with Crippen molar-refractivity contribution in [1.82, 2.24) is 0 Å². The van der Waals surface area contributed by atoms with Crippen LogP contribution in [0.1, 0.15) is 40.4 Å². The second kappa shape index (κ2) is 7.99. The number of carbonyl (C=O) groups is 1. The first kappa shape index (κ1) is 19.1. The quantitative estimate of drug-likeness (QED) is 0.464. The lowest BCUT2D eigenvalue weighted by atomic mass is 10.0. The molecule has 6 nitrogen and oxygen atoms in total. The first-order valence-corrected chi connectivity index (χ1v) is 9.65. The summed E-state index contributed by atoms with van der Waals surface area (Å²) >= 11 is 0. The average Bonchev–Trinajstić information content (AvgIpc) is 3.17. The van der Waals surface area contributed by atoms with Crippen molar-refractivity contribution in [1.29, 1.82) is 0 Å². The van der Waals surface area contributed by atoms with Gasteiger partial charge in [0.25, 0.3) is 0 Å². The van der Waals surface area contributed by atoms with Crippen molar-refractivity contribution in [3.05, 3.63) is 69.1 Å². The Hall–Kier alpha value is -3.28. The van der Waals surface area contributed by atoms with Gasteiger partial charge in [-0.05, 0) is 67.6 Å². The largest absolute Gasteiger partial charge is 0.493 e. The summed E-state index contributed by atoms with van der Waals surface area (Å²) in [4.78, 5) is 24.5. The highest BCUT2D eigenvalue weighted by atomic mass is 16.5. The van der Waals surface area contributed by atoms with Crippen molar-refractivity contribution in [2.75, 3.05) is 13.7 Å². The van der Waals surface area contributed by atoms with Crippen LogP contribution < -0.4 is 15.1 Å². The van der Waals surface area contributed by atoms with E-state index in [0.717, 1.165) is 24.6 Å². The van der Waals surface area contributed by atoms with Crippen LogP contribution in [0.3, 0.4) is 0 Å². The summed E-state index contributed by atoms with van der Waals surface area (Å²) in [6.45, 7) is 2.29. The molecule has 0 bridgehead atoms. The van der Waals surface area contributed by atoms with Crippen molar-refractivity contribution in [3.8, 4) is 11.5 Å². The number of hydrogen-bond donors (Lipinski definition) is 0. The molecule has 0 atom stereocenters. The fourth-order valence-electron chi connectivity index (χ4n) is 3.71. The Morgan fingerprint density at radius 3 is 2.62 bits per heavy atom. The predicted molar refractivity (Wildman–Crippen MR) is 108 cm³/mol. The predicted octanol–water partition coefficient (Wildman–Crippen LogP) is 4.05. The lowest BCUT2D eigenvalue weighted by Gasteiger charge is -2.12. The molecular weight excluding hydrogens is 372 g/mol. The molecule has 0 spiro atoms. The molecule has 0 N–H and O–H groups in total. The van der Waals surface area contributed by atoms with Gasteiger partial charge in [0.2, 0.25) is 0 Å². The van der Waals surface area contributed by atoms with Gasteiger partial charge in [-0.1, -0.05) is 0 Å². The summed E-state index contributed by atoms with van der Waals surface area (Å²) in [5.41, 5.74) is 3.55. The van der Waals surface area contributed by atoms with E-state index in [0.29, 0.717) is 34.8 Å². The van der Waals surface area contributed by atoms with E-state index in [1.807, 2.05) is 19.1 Å². The van der Waals surface area contributed by atoms with Gasteiger partial charge in [0, 0.05) is 17.0 Å². The van der Waals surface area contributed by atoms with Crippen LogP contribution >= 0.6 is 0 Å². The number of benzene rings is 2. The normalized spacial score (nSPS) is 12.6. The molecule has 1 heterocycles. The molecule has 0 fully saturated rings. The van der Waals surface area contributed by atoms with Crippen LogP contribution in [0, 0.1) is 0 Å². The summed E-state index contributed by atoms with van der Waals surface area (Å²) < 4.78 is 21.6. The summed E-state index contributed by atoms with van der Waals surface area (Å²) in [6.07, 6.45) is 3.10. The number of methoxy groups -OCH3 is 1. The molecule has 4 rings (SSSR count). The molecule has 29 heavy (non-hydrogen) atoms. The molecule has 3 aromatic rings. The van der Waals surface area contributed by atoms with Gasteiger partial charge in [-0.2, -0.15) is 0 Å². The zero-order chi connectivity index (χ0) is 20.4. The van der Waals surface area contributed by atoms with Crippen LogP contribution in [0.2, 0.25) is 0 Å². The lowest BCUT2D eigenvalue weighted by molar-refractivity contribution is 0.0473. The zero-order valence-electron chi connectivity index (χ0n) is 16.4. The Balaban J connectivity index is 1.59. The number of fused-ring (bicyclic) bond motifs is 2. The third kappa shape index (κ3) is 3.83. The van der Waals surface area contributed by atoms with Gasteiger partial charge in [0.15, 0.2) is 11.5 Å². The fraction of sp³-hybridized carbons (Fsp3) is 0.304. The molecule has 0 unspecified atom stereocenters. The molecule has 0 amide bonds. The van der Waals surface area contributed by atoms with Gasteiger partial charge in [-0.15, -0.1) is 0 Å². The van der Waals surface area contributed by atoms with E-state index in [9.17, 15) is 9.59 Å². The van der Waals surface area contributed by atoms with Crippen molar-refractivity contribution in [3.63, 3.8) is 0 Å². The van der Waals surface area contributed by atoms with Crippen LogP contribution in [0.4, 0.5) is 0 Å². The first-order valence-electron chi connectivity index (χ1n) is 9.65. The Bertz CT molecular complexity index is 1130. The molecule has 6 heteroatoms. The summed E-state index contributed by atoms with van der Waals surface area (Å²) in [5, 5.41) is 0.808. The number of hydrogen-bond acceptors (Lipinski definition) is 6. The smallest absolute Gasteiger partial charge is 0.338 e. The Morgan fingerprint density at radius 2 is 1.86 bits per heavy atom. The van der Waals surface area contributed by atoms with E-state index in [1.54, 1.807) is 25.3 Å². The molecule has 1 aliphatic rings. The van der Waals surface area contributed by atoms with Gasteiger partial charge < -0.3 is 18.6 Å². The van der Waals surface area contributed by atoms with Crippen LogP contribution in [0.5, 0.6) is 11.5 Å². The molecule has 0 radical (unpaired) electrons. The maximum absolute atomic E-state index is 12.6. The molecule has 0 aliphatic heterocycles. The average molecular weight is 394 g/mol. The molecule has 1 aliphatic carbocycles. The topological polar surface area (TPSA) is 75.0 Å². The van der Waals surface area contributed by atoms with Crippen LogP contribution in [0.15, 0.2) is 45.6 Å². The summed E-state index contributed by atoms with van der Waals surface area (Å²) in [5.74, 6) is 0.519. The maximum atomic E-state index is 12.6. The standard InChI is InChI=1S/C23H22O6/c1-3-27-21-11-16(7-8-19(21)26-2)23(25)28-13-17-12-22(24)29-20-10-15-6-4-5-14(15)9-18(17)20/h7-12H,3-6,13H2,1-2H3. The molecule has 1 aromatic heterocycles. The van der Waals surface area contributed by atoms with E-state index >= 15 is 0 Å². The van der Waals surface area contributed by atoms with E-state index in [-0.39, 0.29) is 6.61 Å². The van der Waals surface area contributed by atoms with Gasteiger partial charge >= 0.3 is 11.6 Å². The van der Waals surface area contributed by atoms with Crippen LogP contribution in [0.25, 0.3) is 11.0 Å². The van der Waals surface area contributed by atoms with Gasteiger partial charge in [0.1, 0.15) is 12.2 Å². The van der Waals surface area contributed by atoms with Crippen LogP contribution in [-0.4, -0.2) is 19.7 Å². The van der Waals surface area contributed by atoms with Crippen molar-refractivity contribution in [2.24, 2.45) is 0 Å². The zero-order valence-corrected chi connectivity index (χ0v) is 16.4. The second-order valence-electron chi connectivity index (χ2n) is 6.94. The fourth-order valence-corrected chi connectivity index (χ4v) is 3.71. The molecular formula is C23H22O6. The van der Waals surface area contributed by atoms with Crippen molar-refractivity contribution < 1.29 is 23.4 Å². The minimum absolute atomic E-state index is 0.0181. The molecule has 2 aromatic carbocycles. The van der Waals surface area contributed by atoms with Gasteiger partial charge in [-0.3, -0.25) is 0 Å². The van der Waals surface area contributed by atoms with Crippen molar-refractivity contribution >= 4 is 16.9 Å². The van der Waals surface area contributed by atoms with E-state index in [1.165, 1.54) is 17.2 Å². The number of carbonyl (C=O) groups excluding carboxylic acids is 1. The highest BCUT2D eigenvalue weighted by molar-refractivity contribution is 5.90. The lowest BCUT2D eigenvalue weighted by Crippen LogP contribution is -2.09. The second-order valence-corrected chi connectivity index (χ2v) is 6.94. The minimum Gasteiger partial charge on any atom is -0.493 e. The van der Waals surface area contributed by atoms with E-state index in [2.05, 4.69) is 0 Å². The number of rotatable bonds is 6. The summed E-state index contributed by atoms with van der Waals surface area (Å²) in [7, 11) is 1.54. The van der Waals surface area contributed by atoms with Crippen LogP contribution in [-0.2, 0) is 24.2 Å². The minimum atomic E-state index is -0.504. The van der Waals surface area contributed by atoms with Crippen molar-refractivity contribution in [2.45, 2.75) is 32.8 Å². The Morgan fingerprint density at radius 1 is 1.07 bits per heavy atom. The van der Waals surface area contributed by atoms with Gasteiger partial charge in [-0.25, -0.2) is 9.59 Å². The number of esters is 1. The van der Waals surface area contributed by atoms with E-state index < -0.39 is 11.6 Å². The number of aryl methyl sites for hydroxylation is 2. The molecule has 150 valence electrons. The highest BCUT2D eigenvalue weighted by Gasteiger charge is 2.17. The first-order chi connectivity index (χ1) is 14.1. The molecule has 0 saturated carbocycles. The Kier molecular flexibility index (Phi) is 5.25. The number of ether oxygens (including phenoxy) is 3. The SMILES string of the molecule is CCOc1cc(C(=O)OCc2cc(=O)oc3cc4c(cc23)CCC4)ccc1OC. The molecule has 0 saturated heterocycles. The maximum Gasteiger partial charge on any atom is 0.338 e. The third-order valence-electron chi connectivity index (χ3n) is 5.10. The third-order valence-corrected chi connectivity index (χ3v) is 5.10. The van der Waals surface area contributed by atoms with E-state index in [4.69, 9.17) is 18.6 Å². The summed E-state index contributed by atoms with van der Waals surface area (Å²) in [6, 6.07) is 10.2. The monoisotopic (exact) mass is 394 g/mol. The Labute approximate surface area is 168 Å².